The molecular formula is C46H30N2O. The molecule has 0 atom stereocenters. The van der Waals surface area contributed by atoms with Gasteiger partial charge in [-0.1, -0.05) is 109 Å². The molecule has 0 saturated heterocycles. The Kier molecular flexibility index (Phi) is 6.18. The Morgan fingerprint density at radius 3 is 1.96 bits per heavy atom. The molecule has 49 heavy (non-hydrogen) atoms. The molecule has 0 aliphatic carbocycles. The average molecular weight is 627 g/mol. The molecule has 0 unspecified atom stereocenters. The summed E-state index contributed by atoms with van der Waals surface area (Å²) in [4.78, 5) is 2.31. The number of furan rings is 1. The SMILES string of the molecule is c1ccc(N(c2cccc(-c3ccc4c5ccccc5n(-c5ccc6ccccc6c5)c4c3)c2)c2ccc3c(c2)oc2ccccc23)cc1. The first-order valence-corrected chi connectivity index (χ1v) is 16.7. The van der Waals surface area contributed by atoms with Gasteiger partial charge < -0.3 is 13.9 Å². The molecule has 0 amide bonds. The van der Waals surface area contributed by atoms with Gasteiger partial charge >= 0.3 is 0 Å². The topological polar surface area (TPSA) is 21.3 Å². The number of fused-ring (bicyclic) bond motifs is 7. The largest absolute Gasteiger partial charge is 0.456 e. The molecule has 10 rings (SSSR count). The molecule has 3 heteroatoms. The summed E-state index contributed by atoms with van der Waals surface area (Å²) in [5, 5.41) is 7.23. The van der Waals surface area contributed by atoms with E-state index in [4.69, 9.17) is 4.42 Å². The molecule has 0 N–H and O–H groups in total. The van der Waals surface area contributed by atoms with Crippen LogP contribution >= 0.6 is 0 Å². The first kappa shape index (κ1) is 27.5. The second-order valence-electron chi connectivity index (χ2n) is 12.6. The fraction of sp³-hybridized carbons (Fsp3) is 0. The number of para-hydroxylation sites is 3. The normalized spacial score (nSPS) is 11.7. The molecular weight excluding hydrogens is 597 g/mol. The van der Waals surface area contributed by atoms with E-state index in [-0.39, 0.29) is 0 Å². The van der Waals surface area contributed by atoms with Crippen molar-refractivity contribution in [1.82, 2.24) is 4.57 Å². The molecule has 2 aromatic heterocycles. The lowest BCUT2D eigenvalue weighted by Crippen LogP contribution is -2.09. The van der Waals surface area contributed by atoms with Crippen LogP contribution < -0.4 is 4.90 Å². The molecule has 230 valence electrons. The minimum atomic E-state index is 0.878. The second-order valence-corrected chi connectivity index (χ2v) is 12.6. The Morgan fingerprint density at radius 2 is 1.04 bits per heavy atom. The van der Waals surface area contributed by atoms with E-state index in [1.165, 1.54) is 38.1 Å². The maximum absolute atomic E-state index is 6.32. The van der Waals surface area contributed by atoms with Crippen LogP contribution in [0.1, 0.15) is 0 Å². The first-order chi connectivity index (χ1) is 24.3. The van der Waals surface area contributed by atoms with E-state index in [9.17, 15) is 0 Å². The lowest BCUT2D eigenvalue weighted by molar-refractivity contribution is 0.669. The number of benzene rings is 8. The van der Waals surface area contributed by atoms with Gasteiger partial charge in [0, 0.05) is 50.4 Å². The van der Waals surface area contributed by atoms with Crippen LogP contribution in [0.5, 0.6) is 0 Å². The van der Waals surface area contributed by atoms with Crippen molar-refractivity contribution < 1.29 is 4.42 Å². The highest BCUT2D eigenvalue weighted by molar-refractivity contribution is 6.10. The van der Waals surface area contributed by atoms with Crippen LogP contribution in [-0.4, -0.2) is 4.57 Å². The average Bonchev–Trinajstić information content (AvgIpc) is 3.70. The van der Waals surface area contributed by atoms with Gasteiger partial charge in [0.1, 0.15) is 11.2 Å². The van der Waals surface area contributed by atoms with Crippen LogP contribution in [0.15, 0.2) is 186 Å². The number of hydrogen-bond acceptors (Lipinski definition) is 2. The monoisotopic (exact) mass is 626 g/mol. The summed E-state index contributed by atoms with van der Waals surface area (Å²) in [5.74, 6) is 0. The van der Waals surface area contributed by atoms with Crippen LogP contribution in [0, 0.1) is 0 Å². The number of anilines is 3. The minimum absolute atomic E-state index is 0.878. The van der Waals surface area contributed by atoms with E-state index in [0.717, 1.165) is 50.3 Å². The van der Waals surface area contributed by atoms with Gasteiger partial charge in [0.2, 0.25) is 0 Å². The molecule has 0 spiro atoms. The predicted octanol–water partition coefficient (Wildman–Crippen LogP) is 13.0. The third-order valence-electron chi connectivity index (χ3n) is 9.74. The zero-order chi connectivity index (χ0) is 32.3. The summed E-state index contributed by atoms with van der Waals surface area (Å²) in [6, 6.07) is 65.1. The van der Waals surface area contributed by atoms with Crippen molar-refractivity contribution in [3.05, 3.63) is 182 Å². The van der Waals surface area contributed by atoms with Crippen molar-refractivity contribution in [2.75, 3.05) is 4.90 Å². The Labute approximate surface area is 283 Å². The number of hydrogen-bond donors (Lipinski definition) is 0. The summed E-state index contributed by atoms with van der Waals surface area (Å²) in [7, 11) is 0. The van der Waals surface area contributed by atoms with E-state index in [1.54, 1.807) is 0 Å². The number of rotatable bonds is 5. The molecule has 0 radical (unpaired) electrons. The van der Waals surface area contributed by atoms with Gasteiger partial charge in [0.25, 0.3) is 0 Å². The predicted molar refractivity (Wildman–Crippen MR) is 206 cm³/mol. The lowest BCUT2D eigenvalue weighted by atomic mass is 10.0. The summed E-state index contributed by atoms with van der Waals surface area (Å²) in [6.45, 7) is 0. The Balaban J connectivity index is 1.13. The van der Waals surface area contributed by atoms with E-state index < -0.39 is 0 Å². The van der Waals surface area contributed by atoms with Crippen molar-refractivity contribution in [3.63, 3.8) is 0 Å². The molecule has 0 bridgehead atoms. The van der Waals surface area contributed by atoms with Gasteiger partial charge in [-0.05, 0) is 88.6 Å². The summed E-state index contributed by atoms with van der Waals surface area (Å²) >= 11 is 0. The molecule has 8 aromatic carbocycles. The van der Waals surface area contributed by atoms with Gasteiger partial charge in [-0.2, -0.15) is 0 Å². The van der Waals surface area contributed by atoms with Crippen LogP contribution in [0.2, 0.25) is 0 Å². The minimum Gasteiger partial charge on any atom is -0.456 e. The third-order valence-corrected chi connectivity index (χ3v) is 9.74. The van der Waals surface area contributed by atoms with E-state index >= 15 is 0 Å². The Morgan fingerprint density at radius 1 is 0.367 bits per heavy atom. The highest BCUT2D eigenvalue weighted by Crippen LogP contribution is 2.41. The van der Waals surface area contributed by atoms with Gasteiger partial charge in [-0.3, -0.25) is 0 Å². The number of aromatic nitrogens is 1. The molecule has 0 aliphatic heterocycles. The zero-order valence-electron chi connectivity index (χ0n) is 26.6. The summed E-state index contributed by atoms with van der Waals surface area (Å²) in [5.41, 5.74) is 10.9. The molecule has 0 aliphatic rings. The maximum Gasteiger partial charge on any atom is 0.137 e. The lowest BCUT2D eigenvalue weighted by Gasteiger charge is -2.26. The summed E-state index contributed by atoms with van der Waals surface area (Å²) in [6.07, 6.45) is 0. The van der Waals surface area contributed by atoms with Gasteiger partial charge in [-0.15, -0.1) is 0 Å². The molecule has 2 heterocycles. The standard InChI is InChI=1S/C46H30N2O/c1-2-14-35(15-3-1)47(38-24-26-42-41-18-7-9-20-45(41)49-46(42)30-38)36-16-10-13-33(28-36)34-22-25-40-39-17-6-8-19-43(39)48(44(40)29-34)37-23-21-31-11-4-5-12-32(31)27-37/h1-30H. The molecule has 3 nitrogen and oxygen atoms in total. The Bertz CT molecular complexity index is 2840. The quantitative estimate of drug-likeness (QED) is 0.190. The molecule has 0 fully saturated rings. The highest BCUT2D eigenvalue weighted by Gasteiger charge is 2.17. The Hall–Kier alpha value is -6.58. The van der Waals surface area contributed by atoms with Gasteiger partial charge in [0.05, 0.1) is 11.0 Å². The highest BCUT2D eigenvalue weighted by atomic mass is 16.3. The second kappa shape index (κ2) is 11.0. The zero-order valence-corrected chi connectivity index (χ0v) is 26.6. The van der Waals surface area contributed by atoms with E-state index in [0.29, 0.717) is 0 Å². The van der Waals surface area contributed by atoms with Crippen LogP contribution in [0.4, 0.5) is 17.1 Å². The fourth-order valence-electron chi connectivity index (χ4n) is 7.45. The summed E-state index contributed by atoms with van der Waals surface area (Å²) < 4.78 is 8.72. The molecule has 10 aromatic rings. The first-order valence-electron chi connectivity index (χ1n) is 16.7. The van der Waals surface area contributed by atoms with Crippen molar-refractivity contribution in [2.24, 2.45) is 0 Å². The van der Waals surface area contributed by atoms with Crippen LogP contribution in [0.3, 0.4) is 0 Å². The number of nitrogens with zero attached hydrogens (tertiary/aromatic N) is 2. The van der Waals surface area contributed by atoms with E-state index in [2.05, 4.69) is 179 Å². The van der Waals surface area contributed by atoms with Crippen molar-refractivity contribution in [3.8, 4) is 16.8 Å². The van der Waals surface area contributed by atoms with Gasteiger partial charge in [0.15, 0.2) is 0 Å². The maximum atomic E-state index is 6.32. The van der Waals surface area contributed by atoms with Crippen LogP contribution in [-0.2, 0) is 0 Å². The van der Waals surface area contributed by atoms with E-state index in [1.807, 2.05) is 12.1 Å². The third kappa shape index (κ3) is 4.51. The van der Waals surface area contributed by atoms with Crippen molar-refractivity contribution >= 4 is 71.6 Å². The smallest absolute Gasteiger partial charge is 0.137 e. The van der Waals surface area contributed by atoms with Crippen molar-refractivity contribution in [1.29, 1.82) is 0 Å². The van der Waals surface area contributed by atoms with Crippen LogP contribution in [0.25, 0.3) is 71.3 Å². The fourth-order valence-corrected chi connectivity index (χ4v) is 7.45. The van der Waals surface area contributed by atoms with Gasteiger partial charge in [-0.25, -0.2) is 0 Å². The van der Waals surface area contributed by atoms with Crippen molar-refractivity contribution in [2.45, 2.75) is 0 Å². The molecule has 0 saturated carbocycles.